The van der Waals surface area contributed by atoms with Gasteiger partial charge in [-0.2, -0.15) is 5.10 Å². The second-order valence-electron chi connectivity index (χ2n) is 10.5. The maximum atomic E-state index is 12.6. The fourth-order valence-corrected chi connectivity index (χ4v) is 6.17. The predicted molar refractivity (Wildman–Crippen MR) is 145 cm³/mol. The lowest BCUT2D eigenvalue weighted by Crippen LogP contribution is -2.42. The average molecular weight is 517 g/mol. The Bertz CT molecular complexity index is 1550. The molecule has 2 aromatic heterocycles. The number of hydrogen-bond acceptors (Lipinski definition) is 6. The Morgan fingerprint density at radius 3 is 2.66 bits per heavy atom. The van der Waals surface area contributed by atoms with Crippen LogP contribution in [0.5, 0.6) is 0 Å². The largest absolute Gasteiger partial charge is 0.481 e. The first-order valence-electron chi connectivity index (χ1n) is 13.2. The number of nitrogens with one attached hydrogen (secondary N) is 2. The van der Waals surface area contributed by atoms with E-state index in [2.05, 4.69) is 20.1 Å². The number of hydrogen-bond donors (Lipinski definition) is 3. The minimum atomic E-state index is -0.717. The van der Waals surface area contributed by atoms with E-state index in [9.17, 15) is 14.7 Å². The van der Waals surface area contributed by atoms with Gasteiger partial charge in [0.2, 0.25) is 5.95 Å². The van der Waals surface area contributed by atoms with Gasteiger partial charge in [-0.15, -0.1) is 0 Å². The van der Waals surface area contributed by atoms with Gasteiger partial charge >= 0.3 is 12.1 Å². The summed E-state index contributed by atoms with van der Waals surface area (Å²) < 4.78 is 7.32. The van der Waals surface area contributed by atoms with Crippen molar-refractivity contribution in [1.29, 1.82) is 0 Å². The van der Waals surface area contributed by atoms with Gasteiger partial charge in [0.25, 0.3) is 0 Å². The molecule has 4 aromatic rings. The van der Waals surface area contributed by atoms with Gasteiger partial charge in [0.15, 0.2) is 0 Å². The Morgan fingerprint density at radius 2 is 1.92 bits per heavy atom. The second kappa shape index (κ2) is 9.34. The van der Waals surface area contributed by atoms with Crippen molar-refractivity contribution in [3.63, 3.8) is 0 Å². The van der Waals surface area contributed by atoms with Crippen molar-refractivity contribution >= 4 is 51.3 Å². The number of fused-ring (bicyclic) bond motifs is 4. The molecule has 10 heteroatoms. The first-order chi connectivity index (χ1) is 18.4. The lowest BCUT2D eigenvalue weighted by Gasteiger charge is -2.34. The first-order valence-corrected chi connectivity index (χ1v) is 13.2. The molecule has 0 unspecified atom stereocenters. The van der Waals surface area contributed by atoms with Crippen molar-refractivity contribution in [3.8, 4) is 0 Å². The molecule has 38 heavy (non-hydrogen) atoms. The molecule has 3 heterocycles. The number of imidazole rings is 1. The Kier molecular flexibility index (Phi) is 5.97. The number of methoxy groups -OCH3 is 1. The van der Waals surface area contributed by atoms with Gasteiger partial charge in [-0.25, -0.2) is 9.78 Å². The molecule has 1 fully saturated rings. The van der Waals surface area contributed by atoms with Crippen LogP contribution in [-0.2, 0) is 16.0 Å². The number of aromatic nitrogens is 4. The van der Waals surface area contributed by atoms with E-state index in [0.29, 0.717) is 18.8 Å². The van der Waals surface area contributed by atoms with Crippen LogP contribution in [0.3, 0.4) is 0 Å². The molecule has 0 spiro atoms. The quantitative estimate of drug-likeness (QED) is 0.318. The molecular formula is C28H32N6O4. The van der Waals surface area contributed by atoms with E-state index in [1.807, 2.05) is 44.2 Å². The number of carboxylic acid groups (broad SMARTS) is 1. The number of benzene rings is 2. The standard InChI is InChI=1S/C28H32N6O4/c1-15-4-10-21-23(33(15)28(37)38-3)12-13-24-25(21)30-27(34(24)19-8-5-17(6-9-19)26(35)36)29-18-7-11-20-16(2)31-32-22(20)14-18/h7,11-15,17,19H,4-6,8-10H2,1-3H3,(H,29,30)(H,31,32)(H,35,36)/t15-,17?,19?/m0/s1. The highest BCUT2D eigenvalue weighted by molar-refractivity contribution is 5.96. The highest BCUT2D eigenvalue weighted by Crippen LogP contribution is 2.42. The molecule has 6 rings (SSSR count). The van der Waals surface area contributed by atoms with Crippen LogP contribution in [-0.4, -0.2) is 50.1 Å². The topological polar surface area (TPSA) is 125 Å². The minimum Gasteiger partial charge on any atom is -0.481 e. The second-order valence-corrected chi connectivity index (χ2v) is 10.5. The van der Waals surface area contributed by atoms with Gasteiger partial charge in [-0.05, 0) is 82.7 Å². The summed E-state index contributed by atoms with van der Waals surface area (Å²) in [6, 6.07) is 10.2. The van der Waals surface area contributed by atoms with Crippen LogP contribution in [0, 0.1) is 12.8 Å². The molecule has 2 aliphatic rings. The van der Waals surface area contributed by atoms with Crippen molar-refractivity contribution in [2.45, 2.75) is 64.5 Å². The fourth-order valence-electron chi connectivity index (χ4n) is 6.17. The summed E-state index contributed by atoms with van der Waals surface area (Å²) >= 11 is 0. The third-order valence-corrected chi connectivity index (χ3v) is 8.24. The van der Waals surface area contributed by atoms with E-state index in [1.165, 1.54) is 7.11 Å². The number of anilines is 3. The lowest BCUT2D eigenvalue weighted by atomic mass is 9.86. The van der Waals surface area contributed by atoms with Gasteiger partial charge in [0, 0.05) is 34.4 Å². The number of nitrogens with zero attached hydrogens (tertiary/aromatic N) is 4. The van der Waals surface area contributed by atoms with Crippen molar-refractivity contribution < 1.29 is 19.4 Å². The number of aliphatic carboxylic acids is 1. The van der Waals surface area contributed by atoms with Crippen LogP contribution in [0.4, 0.5) is 22.1 Å². The maximum absolute atomic E-state index is 12.6. The molecule has 1 aliphatic carbocycles. The summed E-state index contributed by atoms with van der Waals surface area (Å²) in [7, 11) is 1.41. The van der Waals surface area contributed by atoms with E-state index >= 15 is 0 Å². The summed E-state index contributed by atoms with van der Waals surface area (Å²) in [6.07, 6.45) is 4.04. The number of ether oxygens (including phenoxy) is 1. The van der Waals surface area contributed by atoms with Crippen LogP contribution >= 0.6 is 0 Å². The van der Waals surface area contributed by atoms with Gasteiger partial charge in [-0.3, -0.25) is 14.8 Å². The molecule has 1 amide bonds. The highest BCUT2D eigenvalue weighted by atomic mass is 16.5. The lowest BCUT2D eigenvalue weighted by molar-refractivity contribution is -0.143. The van der Waals surface area contributed by atoms with Gasteiger partial charge in [0.1, 0.15) is 0 Å². The van der Waals surface area contributed by atoms with E-state index in [1.54, 1.807) is 4.90 Å². The first kappa shape index (κ1) is 24.3. The Morgan fingerprint density at radius 1 is 1.13 bits per heavy atom. The van der Waals surface area contributed by atoms with Crippen molar-refractivity contribution in [3.05, 3.63) is 41.6 Å². The van der Waals surface area contributed by atoms with Crippen LogP contribution in [0.2, 0.25) is 0 Å². The number of amides is 1. The zero-order chi connectivity index (χ0) is 26.6. The Balaban J connectivity index is 1.46. The van der Waals surface area contributed by atoms with Crippen LogP contribution < -0.4 is 10.2 Å². The van der Waals surface area contributed by atoms with Crippen LogP contribution in [0.1, 0.15) is 56.3 Å². The van der Waals surface area contributed by atoms with Crippen molar-refractivity contribution in [2.24, 2.45) is 5.92 Å². The number of carboxylic acids is 1. The molecule has 1 atom stereocenters. The number of H-pyrrole nitrogens is 1. The van der Waals surface area contributed by atoms with Crippen molar-refractivity contribution in [1.82, 2.24) is 19.7 Å². The normalized spacial score (nSPS) is 21.4. The summed E-state index contributed by atoms with van der Waals surface area (Å²) in [5, 5.41) is 21.6. The third kappa shape index (κ3) is 3.95. The smallest absolute Gasteiger partial charge is 0.414 e. The van der Waals surface area contributed by atoms with Crippen LogP contribution in [0.25, 0.3) is 21.9 Å². The number of aromatic amines is 1. The molecule has 3 N–H and O–H groups in total. The SMILES string of the molecule is COC(=O)N1c2ccc3c(nc(Nc4ccc5c(C)[nH]nc5c4)n3C3CCC(C(=O)O)CC3)c2CC[C@@H]1C. The molecule has 0 bridgehead atoms. The van der Waals surface area contributed by atoms with E-state index in [4.69, 9.17) is 9.72 Å². The number of aryl methyl sites for hydroxylation is 2. The average Bonchev–Trinajstić information content (AvgIpc) is 3.47. The minimum absolute atomic E-state index is 0.0300. The Hall–Kier alpha value is -4.08. The zero-order valence-corrected chi connectivity index (χ0v) is 21.8. The fraction of sp³-hybridized carbons (Fsp3) is 0.429. The van der Waals surface area contributed by atoms with Gasteiger partial charge in [-0.1, -0.05) is 0 Å². The Labute approximate surface area is 220 Å². The summed E-state index contributed by atoms with van der Waals surface area (Å²) in [4.78, 5) is 31.1. The molecule has 1 saturated carbocycles. The highest BCUT2D eigenvalue weighted by Gasteiger charge is 2.33. The third-order valence-electron chi connectivity index (χ3n) is 8.24. The van der Waals surface area contributed by atoms with Gasteiger partial charge < -0.3 is 19.7 Å². The molecular weight excluding hydrogens is 484 g/mol. The predicted octanol–water partition coefficient (Wildman–Crippen LogP) is 5.69. The number of carbonyl (C=O) groups is 2. The van der Waals surface area contributed by atoms with E-state index in [0.717, 1.165) is 70.3 Å². The summed E-state index contributed by atoms with van der Waals surface area (Å²) in [5.41, 5.74) is 6.48. The molecule has 10 nitrogen and oxygen atoms in total. The monoisotopic (exact) mass is 516 g/mol. The molecule has 0 radical (unpaired) electrons. The number of carbonyl (C=O) groups excluding carboxylic acids is 1. The molecule has 0 saturated heterocycles. The van der Waals surface area contributed by atoms with E-state index in [-0.39, 0.29) is 24.1 Å². The molecule has 1 aliphatic heterocycles. The summed E-state index contributed by atoms with van der Waals surface area (Å²) in [6.45, 7) is 4.03. The number of rotatable bonds is 4. The maximum Gasteiger partial charge on any atom is 0.414 e. The zero-order valence-electron chi connectivity index (χ0n) is 21.8. The van der Waals surface area contributed by atoms with E-state index < -0.39 is 5.97 Å². The van der Waals surface area contributed by atoms with Gasteiger partial charge in [0.05, 0.1) is 35.3 Å². The summed E-state index contributed by atoms with van der Waals surface area (Å²) in [5.74, 6) is -0.307. The van der Waals surface area contributed by atoms with Crippen LogP contribution in [0.15, 0.2) is 30.3 Å². The van der Waals surface area contributed by atoms with Crippen molar-refractivity contribution in [2.75, 3.05) is 17.3 Å². The molecule has 2 aromatic carbocycles. The molecule has 198 valence electrons.